The van der Waals surface area contributed by atoms with Crippen LogP contribution in [0.3, 0.4) is 0 Å². The van der Waals surface area contributed by atoms with Crippen LogP contribution < -0.4 is 0 Å². The number of ether oxygens (including phenoxy) is 5. The van der Waals surface area contributed by atoms with Gasteiger partial charge in [0.25, 0.3) is 0 Å². The number of hydrogen-bond donors (Lipinski definition) is 2. The number of fused-ring (bicyclic) bond motifs is 3. The third-order valence-corrected chi connectivity index (χ3v) is 9.72. The fraction of sp³-hybridized carbons (Fsp3) is 0.680. The van der Waals surface area contributed by atoms with E-state index in [-0.39, 0.29) is 18.4 Å². The van der Waals surface area contributed by atoms with Crippen LogP contribution in [-0.2, 0) is 42.9 Å². The molecule has 6 rings (SSSR count). The summed E-state index contributed by atoms with van der Waals surface area (Å²) in [4.78, 5) is 50.6. The number of allylic oxidation sites excluding steroid dienone is 2. The quantitative estimate of drug-likeness (QED) is 0.379. The second-order valence-corrected chi connectivity index (χ2v) is 11.1. The predicted octanol–water partition coefficient (Wildman–Crippen LogP) is -0.217. The molecule has 0 aromatic rings. The van der Waals surface area contributed by atoms with Gasteiger partial charge in [0.15, 0.2) is 0 Å². The van der Waals surface area contributed by atoms with Gasteiger partial charge in [0.05, 0.1) is 25.7 Å². The van der Waals surface area contributed by atoms with Gasteiger partial charge in [0.1, 0.15) is 18.0 Å². The van der Waals surface area contributed by atoms with E-state index in [0.717, 1.165) is 19.6 Å². The van der Waals surface area contributed by atoms with E-state index in [1.807, 2.05) is 13.8 Å². The lowest BCUT2D eigenvalue weighted by atomic mass is 9.38. The molecule has 3 heterocycles. The Morgan fingerprint density at radius 3 is 2.58 bits per heavy atom. The number of aliphatic hydroxyl groups excluding tert-OH is 2. The van der Waals surface area contributed by atoms with E-state index in [2.05, 4.69) is 0 Å². The molecule has 3 aliphatic heterocycles. The van der Waals surface area contributed by atoms with Crippen LogP contribution in [0.2, 0.25) is 0 Å². The Morgan fingerprint density at radius 1 is 1.19 bits per heavy atom. The van der Waals surface area contributed by atoms with E-state index in [1.54, 1.807) is 6.08 Å². The normalized spacial score (nSPS) is 49.9. The largest absolute Gasteiger partial charge is 0.467 e. The number of esters is 4. The van der Waals surface area contributed by atoms with Crippen LogP contribution >= 0.6 is 0 Å². The maximum absolute atomic E-state index is 13.2. The summed E-state index contributed by atoms with van der Waals surface area (Å²) in [7, 11) is 1.11. The Balaban J connectivity index is 1.60. The summed E-state index contributed by atoms with van der Waals surface area (Å²) >= 11 is 0. The molecule has 11 heteroatoms. The van der Waals surface area contributed by atoms with Gasteiger partial charge >= 0.3 is 23.9 Å². The second-order valence-electron chi connectivity index (χ2n) is 11.1. The van der Waals surface area contributed by atoms with Crippen LogP contribution in [0.25, 0.3) is 0 Å². The summed E-state index contributed by atoms with van der Waals surface area (Å²) in [5.74, 6) is -5.08. The van der Waals surface area contributed by atoms with Crippen LogP contribution in [0.5, 0.6) is 0 Å². The number of rotatable bonds is 2. The van der Waals surface area contributed by atoms with Gasteiger partial charge in [-0.2, -0.15) is 0 Å². The zero-order chi connectivity index (χ0) is 25.9. The predicted molar refractivity (Wildman–Crippen MR) is 115 cm³/mol. The summed E-state index contributed by atoms with van der Waals surface area (Å²) in [6, 6.07) is 0. The first-order valence-electron chi connectivity index (χ1n) is 12.1. The van der Waals surface area contributed by atoms with Gasteiger partial charge in [0, 0.05) is 29.9 Å². The first-order valence-corrected chi connectivity index (χ1v) is 12.1. The molecule has 0 radical (unpaired) electrons. The minimum atomic E-state index is -2.15. The molecule has 1 spiro atoms. The van der Waals surface area contributed by atoms with Crippen molar-refractivity contribution in [2.75, 3.05) is 13.7 Å². The van der Waals surface area contributed by atoms with Crippen LogP contribution in [-0.4, -0.2) is 77.8 Å². The lowest BCUT2D eigenvalue weighted by molar-refractivity contribution is -0.288. The summed E-state index contributed by atoms with van der Waals surface area (Å²) in [6.07, 6.45) is -2.08. The molecule has 0 aromatic carbocycles. The average Bonchev–Trinajstić information content (AvgIpc) is 3.33. The minimum Gasteiger partial charge on any atom is -0.467 e. The summed E-state index contributed by atoms with van der Waals surface area (Å²) in [6.45, 7) is 4.84. The van der Waals surface area contributed by atoms with Crippen molar-refractivity contribution in [3.05, 3.63) is 23.5 Å². The van der Waals surface area contributed by atoms with Crippen molar-refractivity contribution < 1.29 is 53.1 Å². The number of carbonyl (C=O) groups excluding carboxylic acids is 4. The third-order valence-electron chi connectivity index (χ3n) is 9.72. The maximum atomic E-state index is 13.2. The lowest BCUT2D eigenvalue weighted by Gasteiger charge is -2.67. The van der Waals surface area contributed by atoms with Crippen LogP contribution in [0.1, 0.15) is 27.2 Å². The summed E-state index contributed by atoms with van der Waals surface area (Å²) in [5.41, 5.74) is -3.49. The lowest BCUT2D eigenvalue weighted by Crippen LogP contribution is -2.79. The Hall–Kier alpha value is -2.76. The van der Waals surface area contributed by atoms with Crippen molar-refractivity contribution in [2.45, 2.75) is 57.2 Å². The fourth-order valence-electron chi connectivity index (χ4n) is 8.58. The van der Waals surface area contributed by atoms with Crippen molar-refractivity contribution >= 4 is 23.9 Å². The number of carbonyl (C=O) groups is 4. The van der Waals surface area contributed by atoms with Crippen molar-refractivity contribution in [3.63, 3.8) is 0 Å². The van der Waals surface area contributed by atoms with Gasteiger partial charge in [-0.05, 0) is 29.7 Å². The van der Waals surface area contributed by atoms with Gasteiger partial charge in [-0.25, -0.2) is 14.4 Å². The molecule has 0 aromatic heterocycles. The van der Waals surface area contributed by atoms with Crippen LogP contribution in [0.15, 0.2) is 23.5 Å². The minimum absolute atomic E-state index is 0.149. The Labute approximate surface area is 206 Å². The highest BCUT2D eigenvalue weighted by Gasteiger charge is 2.85. The molecule has 194 valence electrons. The van der Waals surface area contributed by atoms with Crippen molar-refractivity contribution in [2.24, 2.45) is 34.5 Å². The molecule has 2 bridgehead atoms. The standard InChI is InChI=1S/C25H28O11/c1-9-11-5-15(27)35-13(11)7-23(3)12(9)6-14-24-8-33-25(22(31)32-4,20(29)16(28)18(23)24)19(24)17(21(30)36-14)34-10(2)26/h5,7,9,12,14,16-20,28-29H,6,8H2,1-4H3/t9-,12-,14-,16-,17+,18-,19-,20-,23-,24-,25+/m1/s1. The molecule has 36 heavy (non-hydrogen) atoms. The maximum Gasteiger partial charge on any atom is 0.348 e. The molecule has 0 unspecified atom stereocenters. The van der Waals surface area contributed by atoms with E-state index in [9.17, 15) is 29.4 Å². The van der Waals surface area contributed by atoms with Gasteiger partial charge in [0.2, 0.25) is 11.7 Å². The highest BCUT2D eigenvalue weighted by molar-refractivity contribution is 5.89. The second kappa shape index (κ2) is 7.17. The first-order chi connectivity index (χ1) is 16.9. The van der Waals surface area contributed by atoms with Crippen LogP contribution in [0, 0.1) is 34.5 Å². The molecular formula is C25H28O11. The number of aliphatic hydroxyl groups is 2. The van der Waals surface area contributed by atoms with Crippen LogP contribution in [0.4, 0.5) is 0 Å². The average molecular weight is 504 g/mol. The molecule has 2 saturated carbocycles. The monoisotopic (exact) mass is 504 g/mol. The van der Waals surface area contributed by atoms with Gasteiger partial charge in [-0.1, -0.05) is 13.8 Å². The van der Waals surface area contributed by atoms with E-state index >= 15 is 0 Å². The van der Waals surface area contributed by atoms with E-state index < -0.39 is 76.6 Å². The smallest absolute Gasteiger partial charge is 0.348 e. The summed E-state index contributed by atoms with van der Waals surface area (Å²) < 4.78 is 27.8. The molecule has 0 amide bonds. The zero-order valence-corrected chi connectivity index (χ0v) is 20.3. The highest BCUT2D eigenvalue weighted by atomic mass is 16.6. The Bertz CT molecular complexity index is 1160. The van der Waals surface area contributed by atoms with Crippen molar-refractivity contribution in [3.8, 4) is 0 Å². The first kappa shape index (κ1) is 23.6. The van der Waals surface area contributed by atoms with Gasteiger partial charge < -0.3 is 33.9 Å². The molecule has 11 nitrogen and oxygen atoms in total. The van der Waals surface area contributed by atoms with Crippen molar-refractivity contribution in [1.29, 1.82) is 0 Å². The Kier molecular flexibility index (Phi) is 4.71. The molecule has 11 atom stereocenters. The molecule has 6 aliphatic rings. The fourth-order valence-corrected chi connectivity index (χ4v) is 8.58. The van der Waals surface area contributed by atoms with E-state index in [0.29, 0.717) is 12.2 Å². The Morgan fingerprint density at radius 2 is 1.92 bits per heavy atom. The van der Waals surface area contributed by atoms with Crippen molar-refractivity contribution in [1.82, 2.24) is 0 Å². The zero-order valence-electron chi connectivity index (χ0n) is 20.3. The van der Waals surface area contributed by atoms with E-state index in [1.165, 1.54) is 6.08 Å². The van der Waals surface area contributed by atoms with Gasteiger partial charge in [-0.15, -0.1) is 0 Å². The van der Waals surface area contributed by atoms with Gasteiger partial charge in [-0.3, -0.25) is 4.79 Å². The number of methoxy groups -OCH3 is 1. The topological polar surface area (TPSA) is 155 Å². The molecule has 3 aliphatic carbocycles. The highest BCUT2D eigenvalue weighted by Crippen LogP contribution is 2.73. The molecular weight excluding hydrogens is 476 g/mol. The molecule has 2 saturated heterocycles. The SMILES string of the molecule is COC(=O)[C@@]12OC[C@]34[C@H]([C@@H](O)[C@H]1O)[C@]1(C)C=C5OC(=O)C=C5[C@@H](C)[C@H]1C[C@H]3OC(=O)[C@@H](OC(C)=O)[C@@H]24. The van der Waals surface area contributed by atoms with E-state index in [4.69, 9.17) is 23.7 Å². The number of hydrogen-bond acceptors (Lipinski definition) is 11. The third kappa shape index (κ3) is 2.48. The molecule has 4 fully saturated rings. The molecule has 2 N–H and O–H groups in total. The summed E-state index contributed by atoms with van der Waals surface area (Å²) in [5, 5.41) is 23.2.